The molecule has 0 aliphatic carbocycles. The second-order valence-electron chi connectivity index (χ2n) is 2.97. The van der Waals surface area contributed by atoms with Crippen LogP contribution >= 0.6 is 0 Å². The van der Waals surface area contributed by atoms with Crippen molar-refractivity contribution in [3.8, 4) is 0 Å². The van der Waals surface area contributed by atoms with Gasteiger partial charge < -0.3 is 10.3 Å². The van der Waals surface area contributed by atoms with E-state index in [-0.39, 0.29) is 10.6 Å². The molecule has 0 bridgehead atoms. The maximum atomic E-state index is 11.2. The Hall–Kier alpha value is -2.24. The summed E-state index contributed by atoms with van der Waals surface area (Å²) in [5, 5.41) is 26.6. The average molecular weight is 205 g/mol. The predicted octanol–water partition coefficient (Wildman–Crippen LogP) is 0.820. The van der Waals surface area contributed by atoms with Gasteiger partial charge in [-0.05, 0) is 0 Å². The van der Waals surface area contributed by atoms with Crippen LogP contribution in [0, 0.1) is 5.21 Å². The van der Waals surface area contributed by atoms with E-state index in [1.165, 1.54) is 0 Å². The lowest BCUT2D eigenvalue weighted by atomic mass is 10.0. The zero-order valence-electron chi connectivity index (χ0n) is 7.57. The SMILES string of the molecule is O=C(O)C1N=N[N+]([O-])=C1c1ccccc1. The van der Waals surface area contributed by atoms with Crippen LogP contribution in [0.1, 0.15) is 5.56 Å². The summed E-state index contributed by atoms with van der Waals surface area (Å²) in [5.74, 6) is -1.18. The van der Waals surface area contributed by atoms with Crippen molar-refractivity contribution in [2.45, 2.75) is 6.04 Å². The summed E-state index contributed by atoms with van der Waals surface area (Å²) in [5.41, 5.74) is 0.563. The molecule has 15 heavy (non-hydrogen) atoms. The van der Waals surface area contributed by atoms with Crippen LogP contribution < -0.4 is 0 Å². The minimum Gasteiger partial charge on any atom is -0.691 e. The van der Waals surface area contributed by atoms with E-state index in [9.17, 15) is 10.0 Å². The molecule has 1 heterocycles. The van der Waals surface area contributed by atoms with Crippen molar-refractivity contribution >= 4 is 11.7 Å². The van der Waals surface area contributed by atoms with Gasteiger partial charge in [0.15, 0.2) is 0 Å². The molecule has 0 radical (unpaired) electrons. The van der Waals surface area contributed by atoms with Crippen molar-refractivity contribution in [1.29, 1.82) is 0 Å². The molecule has 1 aromatic carbocycles. The van der Waals surface area contributed by atoms with Gasteiger partial charge in [0.1, 0.15) is 5.22 Å². The van der Waals surface area contributed by atoms with Crippen molar-refractivity contribution in [2.24, 2.45) is 10.3 Å². The second-order valence-corrected chi connectivity index (χ2v) is 2.97. The Morgan fingerprint density at radius 2 is 2.07 bits per heavy atom. The van der Waals surface area contributed by atoms with Gasteiger partial charge in [0.2, 0.25) is 5.71 Å². The van der Waals surface area contributed by atoms with Crippen LogP contribution in [0.25, 0.3) is 0 Å². The normalized spacial score (nSPS) is 19.6. The Kier molecular flexibility index (Phi) is 2.17. The molecule has 0 aromatic heterocycles. The van der Waals surface area contributed by atoms with Gasteiger partial charge in [-0.25, -0.2) is 4.79 Å². The van der Waals surface area contributed by atoms with Gasteiger partial charge in [0.05, 0.1) is 5.11 Å². The van der Waals surface area contributed by atoms with E-state index in [0.717, 1.165) is 0 Å². The molecule has 1 aliphatic heterocycles. The van der Waals surface area contributed by atoms with Gasteiger partial charge in [-0.15, -0.1) is 4.85 Å². The van der Waals surface area contributed by atoms with Gasteiger partial charge in [0.25, 0.3) is 0 Å². The summed E-state index contributed by atoms with van der Waals surface area (Å²) < 4.78 is 0. The molecule has 0 spiro atoms. The highest BCUT2D eigenvalue weighted by Gasteiger charge is 2.38. The van der Waals surface area contributed by atoms with Crippen molar-refractivity contribution in [2.75, 3.05) is 0 Å². The van der Waals surface area contributed by atoms with E-state index < -0.39 is 12.0 Å². The van der Waals surface area contributed by atoms with E-state index in [4.69, 9.17) is 5.11 Å². The fraction of sp³-hybridized carbons (Fsp3) is 0.111. The zero-order chi connectivity index (χ0) is 10.8. The summed E-state index contributed by atoms with van der Waals surface area (Å²) in [6, 6.07) is 7.29. The van der Waals surface area contributed by atoms with Crippen LogP contribution in [-0.2, 0) is 4.79 Å². The molecule has 1 unspecified atom stereocenters. The Morgan fingerprint density at radius 3 is 2.67 bits per heavy atom. The summed E-state index contributed by atoms with van der Waals surface area (Å²) in [7, 11) is 0. The van der Waals surface area contributed by atoms with E-state index in [0.29, 0.717) is 5.56 Å². The summed E-state index contributed by atoms with van der Waals surface area (Å²) in [4.78, 5) is 11.0. The Balaban J connectivity index is 2.45. The Bertz CT molecular complexity index is 453. The summed E-state index contributed by atoms with van der Waals surface area (Å²) in [6.45, 7) is 0. The lowest BCUT2D eigenvalue weighted by Gasteiger charge is -2.03. The standard InChI is InChI=1S/C9H7N3O3/c13-9(14)7-8(12(15)11-10-7)6-4-2-1-3-5-6/h1-5,7H,(H,13,14). The third-order valence-corrected chi connectivity index (χ3v) is 2.02. The monoisotopic (exact) mass is 205 g/mol. The molecule has 0 amide bonds. The molecule has 0 fully saturated rings. The third-order valence-electron chi connectivity index (χ3n) is 2.02. The Morgan fingerprint density at radius 1 is 1.40 bits per heavy atom. The van der Waals surface area contributed by atoms with Gasteiger partial charge >= 0.3 is 12.0 Å². The van der Waals surface area contributed by atoms with Crippen molar-refractivity contribution in [3.05, 3.63) is 41.1 Å². The number of nitrogens with zero attached hydrogens (tertiary/aromatic N) is 3. The van der Waals surface area contributed by atoms with Crippen molar-refractivity contribution in [1.82, 2.24) is 0 Å². The topological polar surface area (TPSA) is 88.1 Å². The third kappa shape index (κ3) is 1.56. The summed E-state index contributed by atoms with van der Waals surface area (Å²) >= 11 is 0. The molecular formula is C9H7N3O3. The molecule has 1 aromatic rings. The number of carbonyl (C=O) groups is 1. The number of benzene rings is 1. The molecular weight excluding hydrogens is 198 g/mol. The molecule has 6 nitrogen and oxygen atoms in total. The van der Waals surface area contributed by atoms with Crippen LogP contribution in [-0.4, -0.2) is 27.7 Å². The van der Waals surface area contributed by atoms with Crippen LogP contribution in [0.2, 0.25) is 0 Å². The fourth-order valence-electron chi connectivity index (χ4n) is 1.35. The summed E-state index contributed by atoms with van der Waals surface area (Å²) in [6.07, 6.45) is 0. The second kappa shape index (κ2) is 3.49. The smallest absolute Gasteiger partial charge is 0.365 e. The largest absolute Gasteiger partial charge is 0.691 e. The maximum Gasteiger partial charge on any atom is 0.365 e. The van der Waals surface area contributed by atoms with E-state index in [1.807, 2.05) is 0 Å². The quantitative estimate of drug-likeness (QED) is 0.572. The van der Waals surface area contributed by atoms with Gasteiger partial charge in [-0.2, -0.15) is 0 Å². The zero-order valence-corrected chi connectivity index (χ0v) is 7.57. The number of carboxylic acid groups (broad SMARTS) is 1. The number of rotatable bonds is 2. The lowest BCUT2D eigenvalue weighted by molar-refractivity contribution is -0.465. The van der Waals surface area contributed by atoms with Crippen LogP contribution in [0.3, 0.4) is 0 Å². The highest BCUT2D eigenvalue weighted by Crippen LogP contribution is 2.13. The number of carboxylic acids is 1. The van der Waals surface area contributed by atoms with Gasteiger partial charge in [-0.1, -0.05) is 30.3 Å². The maximum absolute atomic E-state index is 11.2. The number of hydrogen-bond donors (Lipinski definition) is 1. The highest BCUT2D eigenvalue weighted by molar-refractivity contribution is 6.12. The highest BCUT2D eigenvalue weighted by atomic mass is 16.5. The molecule has 6 heteroatoms. The van der Waals surface area contributed by atoms with E-state index in [2.05, 4.69) is 10.3 Å². The molecule has 0 saturated heterocycles. The first-order chi connectivity index (χ1) is 7.20. The van der Waals surface area contributed by atoms with Gasteiger partial charge in [0, 0.05) is 5.56 Å². The first-order valence-corrected chi connectivity index (χ1v) is 4.23. The first kappa shape index (κ1) is 9.32. The lowest BCUT2D eigenvalue weighted by Crippen LogP contribution is -2.29. The molecule has 1 N–H and O–H groups in total. The molecule has 1 aliphatic rings. The first-order valence-electron chi connectivity index (χ1n) is 4.23. The van der Waals surface area contributed by atoms with Gasteiger partial charge in [-0.3, -0.25) is 0 Å². The molecule has 1 atom stereocenters. The van der Waals surface area contributed by atoms with Crippen LogP contribution in [0.4, 0.5) is 0 Å². The van der Waals surface area contributed by atoms with Crippen molar-refractivity contribution in [3.63, 3.8) is 0 Å². The molecule has 2 rings (SSSR count). The minimum atomic E-state index is -1.20. The molecule has 76 valence electrons. The van der Waals surface area contributed by atoms with E-state index >= 15 is 0 Å². The fourth-order valence-corrected chi connectivity index (χ4v) is 1.35. The van der Waals surface area contributed by atoms with E-state index in [1.54, 1.807) is 30.3 Å². The predicted molar refractivity (Wildman–Crippen MR) is 50.5 cm³/mol. The van der Waals surface area contributed by atoms with Crippen LogP contribution in [0.5, 0.6) is 0 Å². The Labute approximate surface area is 84.7 Å². The minimum absolute atomic E-state index is 0.0445. The molecule has 0 saturated carbocycles. The number of hydrogen-bond acceptors (Lipinski definition) is 4. The van der Waals surface area contributed by atoms with Crippen LogP contribution in [0.15, 0.2) is 40.7 Å². The average Bonchev–Trinajstić information content (AvgIpc) is 2.61. The number of aliphatic carboxylic acids is 1. The van der Waals surface area contributed by atoms with Crippen molar-refractivity contribution < 1.29 is 14.7 Å².